The Labute approximate surface area is 104 Å². The number of ketones is 1. The summed E-state index contributed by atoms with van der Waals surface area (Å²) in [4.78, 5) is 21.9. The van der Waals surface area contributed by atoms with Gasteiger partial charge >= 0.3 is 5.97 Å². The van der Waals surface area contributed by atoms with Gasteiger partial charge in [0.05, 0.1) is 10.9 Å². The molecule has 0 spiro atoms. The molecule has 1 aromatic rings. The fourth-order valence-corrected chi connectivity index (χ4v) is 1.89. The number of Topliss-reactive ketones (excluding diaryl/α,β-unsaturated/α-hetero) is 1. The van der Waals surface area contributed by atoms with Gasteiger partial charge in [-0.3, -0.25) is 4.79 Å². The zero-order chi connectivity index (χ0) is 11.4. The number of aromatic carboxylic acids is 1. The molecule has 1 N–H and O–H groups in total. The molecule has 0 aliphatic rings. The third kappa shape index (κ3) is 3.76. The molecule has 0 aromatic heterocycles. The third-order valence-electron chi connectivity index (χ3n) is 1.75. The molecular weight excluding hydrogens is 328 g/mol. The summed E-state index contributed by atoms with van der Waals surface area (Å²) >= 11 is 6.27. The average Bonchev–Trinajstić information content (AvgIpc) is 2.16. The minimum atomic E-state index is -0.996. The molecule has 0 atom stereocenters. The van der Waals surface area contributed by atoms with Gasteiger partial charge in [-0.1, -0.05) is 31.9 Å². The number of carbonyl (C=O) groups excluding carboxylic acids is 1. The molecule has 0 saturated carbocycles. The fraction of sp³-hybridized carbons (Fsp3) is 0.200. The second kappa shape index (κ2) is 5.42. The molecular formula is C10H8Br2O3. The van der Waals surface area contributed by atoms with Gasteiger partial charge in [-0.15, -0.1) is 0 Å². The van der Waals surface area contributed by atoms with E-state index in [2.05, 4.69) is 31.9 Å². The summed E-state index contributed by atoms with van der Waals surface area (Å²) in [7, 11) is 0. The van der Waals surface area contributed by atoms with Gasteiger partial charge in [-0.25, -0.2) is 4.79 Å². The van der Waals surface area contributed by atoms with E-state index in [4.69, 9.17) is 5.11 Å². The van der Waals surface area contributed by atoms with Gasteiger partial charge in [-0.2, -0.15) is 0 Å². The summed E-state index contributed by atoms with van der Waals surface area (Å²) in [5.74, 6) is -0.978. The van der Waals surface area contributed by atoms with E-state index in [9.17, 15) is 9.59 Å². The molecule has 3 nitrogen and oxygen atoms in total. The van der Waals surface area contributed by atoms with Crippen molar-refractivity contribution in [1.29, 1.82) is 0 Å². The second-order valence-corrected chi connectivity index (χ2v) is 4.48. The Morgan fingerprint density at radius 2 is 1.93 bits per heavy atom. The van der Waals surface area contributed by atoms with Gasteiger partial charge in [0.1, 0.15) is 5.78 Å². The highest BCUT2D eigenvalue weighted by molar-refractivity contribution is 9.10. The smallest absolute Gasteiger partial charge is 0.335 e. The normalized spacial score (nSPS) is 10.0. The number of rotatable bonds is 4. The van der Waals surface area contributed by atoms with Crippen molar-refractivity contribution in [1.82, 2.24) is 0 Å². The molecule has 0 unspecified atom stereocenters. The lowest BCUT2D eigenvalue weighted by molar-refractivity contribution is -0.115. The summed E-state index contributed by atoms with van der Waals surface area (Å²) in [5.41, 5.74) is 0.882. The van der Waals surface area contributed by atoms with Crippen LogP contribution >= 0.6 is 31.9 Å². The SMILES string of the molecule is O=C(CBr)Cc1cc(Br)cc(C(=O)O)c1. The number of hydrogen-bond acceptors (Lipinski definition) is 2. The van der Waals surface area contributed by atoms with Crippen LogP contribution in [0, 0.1) is 0 Å². The van der Waals surface area contributed by atoms with Crippen molar-refractivity contribution < 1.29 is 14.7 Å². The zero-order valence-corrected chi connectivity index (χ0v) is 10.8. The fourth-order valence-electron chi connectivity index (χ4n) is 1.15. The van der Waals surface area contributed by atoms with E-state index in [1.165, 1.54) is 12.1 Å². The number of hydrogen-bond donors (Lipinski definition) is 1. The van der Waals surface area contributed by atoms with Crippen molar-refractivity contribution in [3.63, 3.8) is 0 Å². The monoisotopic (exact) mass is 334 g/mol. The Balaban J connectivity index is 2.98. The van der Waals surface area contributed by atoms with Crippen LogP contribution in [0.25, 0.3) is 0 Å². The molecule has 0 bridgehead atoms. The molecule has 0 heterocycles. The minimum Gasteiger partial charge on any atom is -0.478 e. The van der Waals surface area contributed by atoms with Crippen LogP contribution in [0.1, 0.15) is 15.9 Å². The Morgan fingerprint density at radius 3 is 2.47 bits per heavy atom. The van der Waals surface area contributed by atoms with Crippen LogP contribution < -0.4 is 0 Å². The molecule has 80 valence electrons. The molecule has 0 aliphatic heterocycles. The van der Waals surface area contributed by atoms with Gasteiger partial charge in [0.25, 0.3) is 0 Å². The molecule has 1 aromatic carbocycles. The molecule has 0 fully saturated rings. The predicted octanol–water partition coefficient (Wildman–Crippen LogP) is 2.65. The maximum atomic E-state index is 11.2. The second-order valence-electron chi connectivity index (χ2n) is 3.00. The van der Waals surface area contributed by atoms with Crippen LogP contribution in [0.15, 0.2) is 22.7 Å². The maximum absolute atomic E-state index is 11.2. The first-order chi connectivity index (χ1) is 7.02. The van der Waals surface area contributed by atoms with E-state index >= 15 is 0 Å². The maximum Gasteiger partial charge on any atom is 0.335 e. The summed E-state index contributed by atoms with van der Waals surface area (Å²) in [6, 6.07) is 4.76. The predicted molar refractivity (Wildman–Crippen MR) is 63.6 cm³/mol. The van der Waals surface area contributed by atoms with Crippen LogP contribution in [0.2, 0.25) is 0 Å². The van der Waals surface area contributed by atoms with Gasteiger partial charge in [0.15, 0.2) is 0 Å². The van der Waals surface area contributed by atoms with Crippen LogP contribution in [-0.4, -0.2) is 22.2 Å². The van der Waals surface area contributed by atoms with Crippen molar-refractivity contribution in [3.8, 4) is 0 Å². The van der Waals surface area contributed by atoms with Crippen LogP contribution in [0.5, 0.6) is 0 Å². The Hall–Kier alpha value is -0.680. The quantitative estimate of drug-likeness (QED) is 0.861. The Morgan fingerprint density at radius 1 is 1.27 bits per heavy atom. The molecule has 15 heavy (non-hydrogen) atoms. The lowest BCUT2D eigenvalue weighted by Gasteiger charge is -2.02. The largest absolute Gasteiger partial charge is 0.478 e. The number of halogens is 2. The first-order valence-corrected chi connectivity index (χ1v) is 6.05. The molecule has 1 rings (SSSR count). The van der Waals surface area contributed by atoms with Crippen molar-refractivity contribution in [2.24, 2.45) is 0 Å². The van der Waals surface area contributed by atoms with E-state index in [0.717, 1.165) is 0 Å². The highest BCUT2D eigenvalue weighted by Crippen LogP contribution is 2.16. The van der Waals surface area contributed by atoms with Gasteiger partial charge in [0.2, 0.25) is 0 Å². The van der Waals surface area contributed by atoms with E-state index in [1.54, 1.807) is 6.07 Å². The lowest BCUT2D eigenvalue weighted by Crippen LogP contribution is -2.05. The highest BCUT2D eigenvalue weighted by atomic mass is 79.9. The average molecular weight is 336 g/mol. The molecule has 0 aliphatic carbocycles. The number of carboxylic acids is 1. The molecule has 5 heteroatoms. The topological polar surface area (TPSA) is 54.4 Å². The lowest BCUT2D eigenvalue weighted by atomic mass is 10.1. The Bertz CT molecular complexity index is 402. The van der Waals surface area contributed by atoms with Gasteiger partial charge < -0.3 is 5.11 Å². The van der Waals surface area contributed by atoms with Gasteiger partial charge in [-0.05, 0) is 23.8 Å². The minimum absolute atomic E-state index is 0.0180. The molecule has 0 radical (unpaired) electrons. The van der Waals surface area contributed by atoms with Crippen LogP contribution in [0.3, 0.4) is 0 Å². The summed E-state index contributed by atoms with van der Waals surface area (Å²) in [5, 5.41) is 9.09. The summed E-state index contributed by atoms with van der Waals surface area (Å²) in [6.07, 6.45) is 0.241. The zero-order valence-electron chi connectivity index (χ0n) is 7.67. The number of benzene rings is 1. The van der Waals surface area contributed by atoms with Crippen molar-refractivity contribution in [2.75, 3.05) is 5.33 Å². The first kappa shape index (κ1) is 12.4. The molecule has 0 amide bonds. The van der Waals surface area contributed by atoms with Gasteiger partial charge in [0, 0.05) is 10.9 Å². The number of carboxylic acid groups (broad SMARTS) is 1. The Kier molecular flexibility index (Phi) is 4.47. The van der Waals surface area contributed by atoms with E-state index in [-0.39, 0.29) is 23.1 Å². The van der Waals surface area contributed by atoms with E-state index in [0.29, 0.717) is 10.0 Å². The first-order valence-electron chi connectivity index (χ1n) is 4.13. The summed E-state index contributed by atoms with van der Waals surface area (Å²) in [6.45, 7) is 0. The number of carbonyl (C=O) groups is 2. The standard InChI is InChI=1S/C10H8Br2O3/c11-5-9(13)3-6-1-7(10(14)15)4-8(12)2-6/h1-2,4H,3,5H2,(H,14,15). The van der Waals surface area contributed by atoms with E-state index < -0.39 is 5.97 Å². The number of alkyl halides is 1. The van der Waals surface area contributed by atoms with E-state index in [1.807, 2.05) is 0 Å². The third-order valence-corrected chi connectivity index (χ3v) is 2.84. The van der Waals surface area contributed by atoms with Crippen LogP contribution in [-0.2, 0) is 11.2 Å². The van der Waals surface area contributed by atoms with Crippen molar-refractivity contribution in [3.05, 3.63) is 33.8 Å². The van der Waals surface area contributed by atoms with Crippen molar-refractivity contribution >= 4 is 43.6 Å². The van der Waals surface area contributed by atoms with Crippen LogP contribution in [0.4, 0.5) is 0 Å². The summed E-state index contributed by atoms with van der Waals surface area (Å²) < 4.78 is 0.666. The van der Waals surface area contributed by atoms with Crippen molar-refractivity contribution in [2.45, 2.75) is 6.42 Å². The molecule has 0 saturated heterocycles. The highest BCUT2D eigenvalue weighted by Gasteiger charge is 2.08.